The minimum absolute atomic E-state index is 0.742. The van der Waals surface area contributed by atoms with Gasteiger partial charge in [-0.25, -0.2) is 4.98 Å². The van der Waals surface area contributed by atoms with E-state index in [4.69, 9.17) is 11.6 Å². The zero-order valence-corrected chi connectivity index (χ0v) is 13.2. The number of H-pyrrole nitrogens is 1. The minimum atomic E-state index is 0.742. The van der Waals surface area contributed by atoms with E-state index in [1.807, 2.05) is 0 Å². The van der Waals surface area contributed by atoms with Crippen molar-refractivity contribution in [3.63, 3.8) is 0 Å². The highest BCUT2D eigenvalue weighted by Crippen LogP contribution is 2.26. The Bertz CT molecular complexity index is 548. The van der Waals surface area contributed by atoms with E-state index < -0.39 is 0 Å². The summed E-state index contributed by atoms with van der Waals surface area (Å²) in [5.74, 6) is 0.796. The van der Waals surface area contributed by atoms with E-state index in [2.05, 4.69) is 41.3 Å². The van der Waals surface area contributed by atoms with Gasteiger partial charge in [-0.1, -0.05) is 44.2 Å². The maximum absolute atomic E-state index is 6.33. The Morgan fingerprint density at radius 1 is 1.15 bits per heavy atom. The largest absolute Gasteiger partial charge is 0.356 e. The SMILES string of the molecule is CCCCCCCc1cc(Cl)c2nc(NCC)[nH]c2c1. The van der Waals surface area contributed by atoms with Gasteiger partial charge in [-0.05, 0) is 37.5 Å². The third kappa shape index (κ3) is 3.89. The van der Waals surface area contributed by atoms with Crippen LogP contribution in [0.5, 0.6) is 0 Å². The molecule has 0 aliphatic rings. The normalized spacial score (nSPS) is 11.2. The van der Waals surface area contributed by atoms with Crippen LogP contribution in [0, 0.1) is 0 Å². The van der Waals surface area contributed by atoms with E-state index in [9.17, 15) is 0 Å². The Kier molecular flexibility index (Phi) is 5.72. The molecular formula is C16H24ClN3. The lowest BCUT2D eigenvalue weighted by molar-refractivity contribution is 0.632. The molecule has 0 unspecified atom stereocenters. The van der Waals surface area contributed by atoms with Crippen LogP contribution in [0.2, 0.25) is 5.02 Å². The number of imidazole rings is 1. The molecule has 0 aliphatic carbocycles. The molecule has 2 N–H and O–H groups in total. The maximum atomic E-state index is 6.33. The summed E-state index contributed by atoms with van der Waals surface area (Å²) >= 11 is 6.33. The van der Waals surface area contributed by atoms with E-state index in [0.717, 1.165) is 35.0 Å². The third-order valence-corrected chi connectivity index (χ3v) is 3.80. The second-order valence-electron chi connectivity index (χ2n) is 5.25. The van der Waals surface area contributed by atoms with Gasteiger partial charge in [-0.15, -0.1) is 0 Å². The van der Waals surface area contributed by atoms with Crippen molar-refractivity contribution in [3.05, 3.63) is 22.7 Å². The molecule has 0 saturated carbocycles. The van der Waals surface area contributed by atoms with Crippen LogP contribution < -0.4 is 5.32 Å². The van der Waals surface area contributed by atoms with Crippen LogP contribution >= 0.6 is 11.6 Å². The standard InChI is InChI=1S/C16H24ClN3/c1-3-5-6-7-8-9-12-10-13(17)15-14(11-12)19-16(20-15)18-4-2/h10-11H,3-9H2,1-2H3,(H2,18,19,20). The van der Waals surface area contributed by atoms with Crippen LogP contribution in [-0.4, -0.2) is 16.5 Å². The second kappa shape index (κ2) is 7.53. The van der Waals surface area contributed by atoms with Gasteiger partial charge in [-0.3, -0.25) is 0 Å². The molecule has 0 spiro atoms. The molecule has 1 heterocycles. The van der Waals surface area contributed by atoms with Crippen molar-refractivity contribution in [2.24, 2.45) is 0 Å². The van der Waals surface area contributed by atoms with Crippen molar-refractivity contribution in [3.8, 4) is 0 Å². The molecule has 0 atom stereocenters. The number of aryl methyl sites for hydroxylation is 1. The maximum Gasteiger partial charge on any atom is 0.201 e. The molecule has 0 fully saturated rings. The van der Waals surface area contributed by atoms with Gasteiger partial charge in [0.1, 0.15) is 5.52 Å². The fourth-order valence-corrected chi connectivity index (χ4v) is 2.74. The Morgan fingerprint density at radius 2 is 1.95 bits per heavy atom. The van der Waals surface area contributed by atoms with Gasteiger partial charge in [0.2, 0.25) is 5.95 Å². The Hall–Kier alpha value is -1.22. The van der Waals surface area contributed by atoms with Crippen molar-refractivity contribution >= 4 is 28.6 Å². The molecule has 1 aromatic carbocycles. The number of hydrogen-bond acceptors (Lipinski definition) is 2. The highest BCUT2D eigenvalue weighted by Gasteiger charge is 2.08. The summed E-state index contributed by atoms with van der Waals surface area (Å²) in [5, 5.41) is 3.93. The first kappa shape index (κ1) is 15.2. The number of rotatable bonds is 8. The third-order valence-electron chi connectivity index (χ3n) is 3.51. The van der Waals surface area contributed by atoms with Gasteiger partial charge in [-0.2, -0.15) is 0 Å². The molecule has 110 valence electrons. The lowest BCUT2D eigenvalue weighted by Gasteiger charge is -2.03. The summed E-state index contributed by atoms with van der Waals surface area (Å²) in [5.41, 5.74) is 3.18. The van der Waals surface area contributed by atoms with Crippen LogP contribution in [0.3, 0.4) is 0 Å². The molecule has 20 heavy (non-hydrogen) atoms. The van der Waals surface area contributed by atoms with Gasteiger partial charge >= 0.3 is 0 Å². The molecule has 0 aliphatic heterocycles. The van der Waals surface area contributed by atoms with E-state index in [-0.39, 0.29) is 0 Å². The quantitative estimate of drug-likeness (QED) is 0.660. The second-order valence-corrected chi connectivity index (χ2v) is 5.66. The lowest BCUT2D eigenvalue weighted by atomic mass is 10.1. The monoisotopic (exact) mass is 293 g/mol. The number of anilines is 1. The summed E-state index contributed by atoms with van der Waals surface area (Å²) in [6.07, 6.45) is 7.59. The average molecular weight is 294 g/mol. The number of nitrogens with zero attached hydrogens (tertiary/aromatic N) is 1. The summed E-state index contributed by atoms with van der Waals surface area (Å²) < 4.78 is 0. The first-order valence-corrected chi connectivity index (χ1v) is 8.04. The topological polar surface area (TPSA) is 40.7 Å². The van der Waals surface area contributed by atoms with Gasteiger partial charge in [0, 0.05) is 6.54 Å². The predicted octanol–water partition coefficient (Wildman–Crippen LogP) is 5.16. The highest BCUT2D eigenvalue weighted by atomic mass is 35.5. The summed E-state index contributed by atoms with van der Waals surface area (Å²) in [6.45, 7) is 5.14. The lowest BCUT2D eigenvalue weighted by Crippen LogP contribution is -1.97. The van der Waals surface area contributed by atoms with Gasteiger partial charge < -0.3 is 10.3 Å². The molecule has 4 heteroatoms. The Balaban J connectivity index is 2.03. The Labute approximate surface area is 126 Å². The number of hydrogen-bond donors (Lipinski definition) is 2. The zero-order valence-electron chi connectivity index (χ0n) is 12.4. The molecule has 0 bridgehead atoms. The highest BCUT2D eigenvalue weighted by molar-refractivity contribution is 6.35. The molecule has 0 amide bonds. The number of benzene rings is 1. The summed E-state index contributed by atoms with van der Waals surface area (Å²) in [6, 6.07) is 4.23. The first-order valence-electron chi connectivity index (χ1n) is 7.66. The molecule has 3 nitrogen and oxygen atoms in total. The van der Waals surface area contributed by atoms with Gasteiger partial charge in [0.15, 0.2) is 0 Å². The van der Waals surface area contributed by atoms with E-state index in [1.165, 1.54) is 37.7 Å². The number of aromatic nitrogens is 2. The van der Waals surface area contributed by atoms with E-state index in [1.54, 1.807) is 0 Å². The van der Waals surface area contributed by atoms with Crippen LogP contribution in [0.15, 0.2) is 12.1 Å². The number of unbranched alkanes of at least 4 members (excludes halogenated alkanes) is 4. The minimum Gasteiger partial charge on any atom is -0.356 e. The van der Waals surface area contributed by atoms with Crippen molar-refractivity contribution < 1.29 is 0 Å². The van der Waals surface area contributed by atoms with Crippen molar-refractivity contribution in [1.82, 2.24) is 9.97 Å². The molecule has 0 radical (unpaired) electrons. The number of nitrogens with one attached hydrogen (secondary N) is 2. The summed E-state index contributed by atoms with van der Waals surface area (Å²) in [7, 11) is 0. The average Bonchev–Trinajstić information content (AvgIpc) is 2.82. The van der Waals surface area contributed by atoms with Crippen LogP contribution in [0.4, 0.5) is 5.95 Å². The smallest absolute Gasteiger partial charge is 0.201 e. The van der Waals surface area contributed by atoms with Crippen molar-refractivity contribution in [1.29, 1.82) is 0 Å². The first-order chi connectivity index (χ1) is 9.74. The number of aromatic amines is 1. The Morgan fingerprint density at radius 3 is 2.70 bits per heavy atom. The predicted molar refractivity (Wildman–Crippen MR) is 87.7 cm³/mol. The van der Waals surface area contributed by atoms with Crippen LogP contribution in [0.1, 0.15) is 51.5 Å². The molecule has 2 rings (SSSR count). The molecular weight excluding hydrogens is 270 g/mol. The van der Waals surface area contributed by atoms with Crippen molar-refractivity contribution in [2.75, 3.05) is 11.9 Å². The fourth-order valence-electron chi connectivity index (χ4n) is 2.46. The zero-order chi connectivity index (χ0) is 14.4. The van der Waals surface area contributed by atoms with Crippen LogP contribution in [-0.2, 0) is 6.42 Å². The van der Waals surface area contributed by atoms with E-state index >= 15 is 0 Å². The van der Waals surface area contributed by atoms with Gasteiger partial charge in [0.05, 0.1) is 10.5 Å². The van der Waals surface area contributed by atoms with Gasteiger partial charge in [0.25, 0.3) is 0 Å². The van der Waals surface area contributed by atoms with Crippen molar-refractivity contribution in [2.45, 2.75) is 52.4 Å². The van der Waals surface area contributed by atoms with E-state index in [0.29, 0.717) is 0 Å². The molecule has 1 aromatic heterocycles. The molecule has 0 saturated heterocycles. The van der Waals surface area contributed by atoms with Crippen LogP contribution in [0.25, 0.3) is 11.0 Å². The fraction of sp³-hybridized carbons (Fsp3) is 0.562. The molecule has 2 aromatic rings. The summed E-state index contributed by atoms with van der Waals surface area (Å²) in [4.78, 5) is 7.75. The number of fused-ring (bicyclic) bond motifs is 1. The number of halogens is 1.